The number of hydrogen-bond donors (Lipinski definition) is 2. The van der Waals surface area contributed by atoms with Crippen molar-refractivity contribution in [2.75, 3.05) is 18.9 Å². The number of hydrogen-bond acceptors (Lipinski definition) is 4. The maximum absolute atomic E-state index is 11.8. The molecule has 1 aromatic carbocycles. The number of carboxylic acids is 1. The zero-order valence-electron chi connectivity index (χ0n) is 12.5. The van der Waals surface area contributed by atoms with E-state index in [1.807, 2.05) is 18.2 Å². The van der Waals surface area contributed by atoms with Gasteiger partial charge in [0.2, 0.25) is 10.0 Å². The van der Waals surface area contributed by atoms with Gasteiger partial charge in [-0.15, -0.1) is 0 Å². The van der Waals surface area contributed by atoms with Gasteiger partial charge in [-0.05, 0) is 25.5 Å². The minimum absolute atomic E-state index is 0.0719. The van der Waals surface area contributed by atoms with Crippen LogP contribution in [0.2, 0.25) is 5.02 Å². The van der Waals surface area contributed by atoms with Gasteiger partial charge in [-0.1, -0.05) is 29.8 Å². The van der Waals surface area contributed by atoms with E-state index in [-0.39, 0.29) is 19.8 Å². The summed E-state index contributed by atoms with van der Waals surface area (Å²) in [5.74, 6) is -1.65. The summed E-state index contributed by atoms with van der Waals surface area (Å²) in [6, 6.07) is 7.21. The molecule has 0 aromatic heterocycles. The summed E-state index contributed by atoms with van der Waals surface area (Å²) in [5.41, 5.74) is -0.524. The van der Waals surface area contributed by atoms with Crippen molar-refractivity contribution < 1.29 is 23.1 Å². The highest BCUT2D eigenvalue weighted by molar-refractivity contribution is 7.89. The SMILES string of the molecule is CC(C)(CS(=O)(=O)NCCOCc1ccccc1Cl)C(=O)O. The third kappa shape index (κ3) is 6.31. The van der Waals surface area contributed by atoms with Gasteiger partial charge >= 0.3 is 5.97 Å². The molecule has 0 heterocycles. The molecule has 1 rings (SSSR count). The lowest BCUT2D eigenvalue weighted by atomic mass is 9.97. The predicted molar refractivity (Wildman–Crippen MR) is 84.3 cm³/mol. The van der Waals surface area contributed by atoms with Gasteiger partial charge in [0.1, 0.15) is 0 Å². The Morgan fingerprint density at radius 1 is 1.36 bits per heavy atom. The highest BCUT2D eigenvalue weighted by Crippen LogP contribution is 2.17. The number of carbonyl (C=O) groups is 1. The highest BCUT2D eigenvalue weighted by Gasteiger charge is 2.33. The summed E-state index contributed by atoms with van der Waals surface area (Å²) in [4.78, 5) is 10.9. The first-order chi connectivity index (χ1) is 10.1. The normalized spacial score (nSPS) is 12.3. The number of ether oxygens (including phenoxy) is 1. The Balaban J connectivity index is 2.35. The molecule has 0 aliphatic heterocycles. The van der Waals surface area contributed by atoms with E-state index < -0.39 is 27.2 Å². The van der Waals surface area contributed by atoms with Crippen molar-refractivity contribution in [2.45, 2.75) is 20.5 Å². The smallest absolute Gasteiger partial charge is 0.310 e. The topological polar surface area (TPSA) is 92.7 Å². The van der Waals surface area contributed by atoms with Crippen molar-refractivity contribution >= 4 is 27.6 Å². The quantitative estimate of drug-likeness (QED) is 0.664. The van der Waals surface area contributed by atoms with E-state index in [2.05, 4.69) is 4.72 Å². The summed E-state index contributed by atoms with van der Waals surface area (Å²) in [7, 11) is -3.67. The van der Waals surface area contributed by atoms with E-state index in [9.17, 15) is 13.2 Å². The minimum atomic E-state index is -3.67. The lowest BCUT2D eigenvalue weighted by Gasteiger charge is -2.19. The van der Waals surface area contributed by atoms with Gasteiger partial charge in [0.15, 0.2) is 0 Å². The molecule has 0 amide bonds. The molecule has 8 heteroatoms. The molecule has 1 aromatic rings. The predicted octanol–water partition coefficient (Wildman–Crippen LogP) is 1.89. The van der Waals surface area contributed by atoms with Gasteiger partial charge < -0.3 is 9.84 Å². The molecule has 0 radical (unpaired) electrons. The molecule has 0 bridgehead atoms. The first kappa shape index (κ1) is 18.9. The van der Waals surface area contributed by atoms with Gasteiger partial charge in [0, 0.05) is 11.6 Å². The first-order valence-electron chi connectivity index (χ1n) is 6.66. The zero-order chi connectivity index (χ0) is 16.8. The fourth-order valence-electron chi connectivity index (χ4n) is 1.65. The Morgan fingerprint density at radius 2 is 2.00 bits per heavy atom. The molecule has 6 nitrogen and oxygen atoms in total. The van der Waals surface area contributed by atoms with Crippen LogP contribution in [-0.4, -0.2) is 38.4 Å². The molecule has 2 N–H and O–H groups in total. The summed E-state index contributed by atoms with van der Waals surface area (Å²) in [5, 5.41) is 9.53. The Hall–Kier alpha value is -1.15. The van der Waals surface area contributed by atoms with Crippen molar-refractivity contribution in [1.82, 2.24) is 4.72 Å². The standard InChI is InChI=1S/C14H20ClNO5S/c1-14(2,13(17)18)10-22(19,20)16-7-8-21-9-11-5-3-4-6-12(11)15/h3-6,16H,7-10H2,1-2H3,(H,17,18). The van der Waals surface area contributed by atoms with Crippen molar-refractivity contribution in [1.29, 1.82) is 0 Å². The summed E-state index contributed by atoms with van der Waals surface area (Å²) >= 11 is 5.96. The van der Waals surface area contributed by atoms with E-state index >= 15 is 0 Å². The zero-order valence-corrected chi connectivity index (χ0v) is 14.1. The molecule has 0 aliphatic carbocycles. The molecule has 0 atom stereocenters. The maximum Gasteiger partial charge on any atom is 0.310 e. The molecule has 0 fully saturated rings. The average molecular weight is 350 g/mol. The van der Waals surface area contributed by atoms with Crippen LogP contribution in [0.25, 0.3) is 0 Å². The number of benzene rings is 1. The number of aliphatic carboxylic acids is 1. The lowest BCUT2D eigenvalue weighted by Crippen LogP contribution is -2.39. The van der Waals surface area contributed by atoms with Crippen molar-refractivity contribution in [3.05, 3.63) is 34.9 Å². The summed E-state index contributed by atoms with van der Waals surface area (Å²) < 4.78 is 31.2. The van der Waals surface area contributed by atoms with Crippen LogP contribution in [0.15, 0.2) is 24.3 Å². The third-order valence-corrected chi connectivity index (χ3v) is 5.03. The van der Waals surface area contributed by atoms with E-state index in [1.165, 1.54) is 13.8 Å². The minimum Gasteiger partial charge on any atom is -0.481 e. The fraction of sp³-hybridized carbons (Fsp3) is 0.500. The number of carboxylic acid groups (broad SMARTS) is 1. The second kappa shape index (κ2) is 7.92. The highest BCUT2D eigenvalue weighted by atomic mass is 35.5. The Morgan fingerprint density at radius 3 is 2.59 bits per heavy atom. The van der Waals surface area contributed by atoms with Crippen LogP contribution in [-0.2, 0) is 26.2 Å². The second-order valence-electron chi connectivity index (χ2n) is 5.49. The van der Waals surface area contributed by atoms with E-state index in [0.717, 1.165) is 5.56 Å². The van der Waals surface area contributed by atoms with Crippen molar-refractivity contribution in [3.8, 4) is 0 Å². The molecule has 124 valence electrons. The van der Waals surface area contributed by atoms with Crippen LogP contribution >= 0.6 is 11.6 Å². The number of sulfonamides is 1. The molecular weight excluding hydrogens is 330 g/mol. The largest absolute Gasteiger partial charge is 0.481 e. The maximum atomic E-state index is 11.8. The second-order valence-corrected chi connectivity index (χ2v) is 7.70. The van der Waals surface area contributed by atoms with Gasteiger partial charge in [-0.3, -0.25) is 4.79 Å². The van der Waals surface area contributed by atoms with Crippen LogP contribution < -0.4 is 4.72 Å². The molecular formula is C14H20ClNO5S. The monoisotopic (exact) mass is 349 g/mol. The Bertz CT molecular complexity index is 615. The van der Waals surface area contributed by atoms with E-state index in [1.54, 1.807) is 6.07 Å². The van der Waals surface area contributed by atoms with E-state index in [4.69, 9.17) is 21.4 Å². The van der Waals surface area contributed by atoms with Gasteiger partial charge in [0.25, 0.3) is 0 Å². The number of rotatable bonds is 9. The average Bonchev–Trinajstić information content (AvgIpc) is 2.39. The van der Waals surface area contributed by atoms with Crippen LogP contribution in [0.1, 0.15) is 19.4 Å². The first-order valence-corrected chi connectivity index (χ1v) is 8.69. The van der Waals surface area contributed by atoms with Gasteiger partial charge in [-0.2, -0.15) is 0 Å². The van der Waals surface area contributed by atoms with E-state index in [0.29, 0.717) is 5.02 Å². The van der Waals surface area contributed by atoms with Crippen LogP contribution in [0.4, 0.5) is 0 Å². The molecule has 0 saturated carbocycles. The molecule has 0 saturated heterocycles. The molecule has 0 spiro atoms. The number of nitrogens with one attached hydrogen (secondary N) is 1. The third-order valence-electron chi connectivity index (χ3n) is 2.91. The fourth-order valence-corrected chi connectivity index (χ4v) is 3.41. The van der Waals surface area contributed by atoms with Crippen molar-refractivity contribution in [2.24, 2.45) is 5.41 Å². The lowest BCUT2D eigenvalue weighted by molar-refractivity contribution is -0.145. The Labute approximate surface area is 135 Å². The van der Waals surface area contributed by atoms with Crippen LogP contribution in [0.3, 0.4) is 0 Å². The van der Waals surface area contributed by atoms with Gasteiger partial charge in [-0.25, -0.2) is 13.1 Å². The van der Waals surface area contributed by atoms with Gasteiger partial charge in [0.05, 0.1) is 24.4 Å². The van der Waals surface area contributed by atoms with Crippen molar-refractivity contribution in [3.63, 3.8) is 0 Å². The Kier molecular flexibility index (Phi) is 6.80. The van der Waals surface area contributed by atoms with Crippen LogP contribution in [0, 0.1) is 5.41 Å². The molecule has 0 unspecified atom stereocenters. The molecule has 0 aliphatic rings. The number of halogens is 1. The summed E-state index contributed by atoms with van der Waals surface area (Å²) in [6.07, 6.45) is 0. The molecule has 22 heavy (non-hydrogen) atoms. The van der Waals surface area contributed by atoms with Crippen LogP contribution in [0.5, 0.6) is 0 Å². The summed E-state index contributed by atoms with van der Waals surface area (Å²) in [6.45, 7) is 3.24.